The summed E-state index contributed by atoms with van der Waals surface area (Å²) in [5, 5.41) is 0.757. The lowest BCUT2D eigenvalue weighted by atomic mass is 10.0. The Kier molecular flexibility index (Phi) is 5.77. The van der Waals surface area contributed by atoms with Gasteiger partial charge in [0.15, 0.2) is 0 Å². The van der Waals surface area contributed by atoms with Gasteiger partial charge in [-0.15, -0.1) is 0 Å². The topological polar surface area (TPSA) is 47.3 Å². The molecule has 0 aliphatic heterocycles. The number of methoxy groups -OCH3 is 1. The Morgan fingerprint density at radius 2 is 2.25 bits per heavy atom. The minimum atomic E-state index is 0.195. The highest BCUT2D eigenvalue weighted by atomic mass is 35.5. The average molecular weight is 243 g/mol. The second-order valence-corrected chi connectivity index (χ2v) is 4.42. The van der Waals surface area contributed by atoms with Gasteiger partial charge in [0.25, 0.3) is 0 Å². The normalized spacial score (nSPS) is 14.8. The summed E-state index contributed by atoms with van der Waals surface area (Å²) in [6, 6.07) is 8.03. The third-order valence-corrected chi connectivity index (χ3v) is 2.86. The Labute approximate surface area is 102 Å². The molecule has 4 heteroatoms. The minimum absolute atomic E-state index is 0.195. The van der Waals surface area contributed by atoms with Crippen molar-refractivity contribution in [1.82, 2.24) is 5.43 Å². The molecular weight excluding hydrogens is 224 g/mol. The number of rotatable bonds is 6. The lowest BCUT2D eigenvalue weighted by Gasteiger charge is -2.19. The zero-order valence-corrected chi connectivity index (χ0v) is 10.5. The first-order chi connectivity index (χ1) is 7.65. The summed E-state index contributed by atoms with van der Waals surface area (Å²) in [4.78, 5) is 0. The summed E-state index contributed by atoms with van der Waals surface area (Å²) >= 11 is 5.93. The molecule has 0 aliphatic carbocycles. The number of halogens is 1. The van der Waals surface area contributed by atoms with Crippen molar-refractivity contribution < 1.29 is 4.74 Å². The molecule has 0 fully saturated rings. The highest BCUT2D eigenvalue weighted by Gasteiger charge is 2.12. The van der Waals surface area contributed by atoms with Gasteiger partial charge in [-0.3, -0.25) is 11.3 Å². The lowest BCUT2D eigenvalue weighted by molar-refractivity contribution is 0.100. The fourth-order valence-electron chi connectivity index (χ4n) is 1.66. The van der Waals surface area contributed by atoms with E-state index in [0.717, 1.165) is 17.9 Å². The van der Waals surface area contributed by atoms with E-state index in [1.165, 1.54) is 5.56 Å². The van der Waals surface area contributed by atoms with Crippen LogP contribution >= 0.6 is 11.6 Å². The Morgan fingerprint density at radius 1 is 1.50 bits per heavy atom. The summed E-state index contributed by atoms with van der Waals surface area (Å²) < 4.78 is 5.22. The molecule has 2 unspecified atom stereocenters. The molecule has 90 valence electrons. The fourth-order valence-corrected chi connectivity index (χ4v) is 1.87. The maximum atomic E-state index is 5.93. The van der Waals surface area contributed by atoms with Crippen LogP contribution in [-0.2, 0) is 11.2 Å². The highest BCUT2D eigenvalue weighted by molar-refractivity contribution is 6.30. The Hall–Kier alpha value is -0.610. The summed E-state index contributed by atoms with van der Waals surface area (Å²) in [7, 11) is 1.71. The van der Waals surface area contributed by atoms with Gasteiger partial charge in [0.05, 0.1) is 6.10 Å². The SMILES string of the molecule is COC(C)CC(Cc1cccc(Cl)c1)NN. The molecule has 0 bridgehead atoms. The van der Waals surface area contributed by atoms with Gasteiger partial charge >= 0.3 is 0 Å². The van der Waals surface area contributed by atoms with E-state index >= 15 is 0 Å². The van der Waals surface area contributed by atoms with Crippen LogP contribution < -0.4 is 11.3 Å². The van der Waals surface area contributed by atoms with Gasteiger partial charge in [-0.1, -0.05) is 23.7 Å². The van der Waals surface area contributed by atoms with Crippen molar-refractivity contribution in [1.29, 1.82) is 0 Å². The second kappa shape index (κ2) is 6.86. The van der Waals surface area contributed by atoms with Gasteiger partial charge in [-0.25, -0.2) is 0 Å². The Bertz CT molecular complexity index is 320. The van der Waals surface area contributed by atoms with E-state index in [-0.39, 0.29) is 12.1 Å². The zero-order valence-electron chi connectivity index (χ0n) is 9.74. The first-order valence-electron chi connectivity index (χ1n) is 5.39. The smallest absolute Gasteiger partial charge is 0.0558 e. The van der Waals surface area contributed by atoms with Gasteiger partial charge in [-0.2, -0.15) is 0 Å². The monoisotopic (exact) mass is 242 g/mol. The van der Waals surface area contributed by atoms with Gasteiger partial charge in [0.2, 0.25) is 0 Å². The van der Waals surface area contributed by atoms with Crippen molar-refractivity contribution in [2.24, 2.45) is 5.84 Å². The molecule has 3 nitrogen and oxygen atoms in total. The molecule has 0 spiro atoms. The Balaban J connectivity index is 2.56. The zero-order chi connectivity index (χ0) is 12.0. The molecule has 1 aromatic rings. The molecule has 1 rings (SSSR count). The van der Waals surface area contributed by atoms with Crippen LogP contribution in [-0.4, -0.2) is 19.3 Å². The predicted molar refractivity (Wildman–Crippen MR) is 67.4 cm³/mol. The second-order valence-electron chi connectivity index (χ2n) is 3.98. The van der Waals surface area contributed by atoms with E-state index in [2.05, 4.69) is 5.43 Å². The van der Waals surface area contributed by atoms with E-state index in [4.69, 9.17) is 22.2 Å². The molecule has 0 radical (unpaired) electrons. The number of hydrogen-bond acceptors (Lipinski definition) is 3. The third kappa shape index (κ3) is 4.49. The number of benzene rings is 1. The van der Waals surface area contributed by atoms with E-state index < -0.39 is 0 Å². The molecule has 3 N–H and O–H groups in total. The van der Waals surface area contributed by atoms with E-state index in [1.807, 2.05) is 31.2 Å². The van der Waals surface area contributed by atoms with Crippen LogP contribution in [0.5, 0.6) is 0 Å². The molecule has 16 heavy (non-hydrogen) atoms. The maximum absolute atomic E-state index is 5.93. The van der Waals surface area contributed by atoms with Crippen molar-refractivity contribution in [3.63, 3.8) is 0 Å². The predicted octanol–water partition coefficient (Wildman–Crippen LogP) is 2.14. The molecule has 0 aliphatic rings. The minimum Gasteiger partial charge on any atom is -0.382 e. The van der Waals surface area contributed by atoms with Gasteiger partial charge < -0.3 is 4.74 Å². The fraction of sp³-hybridized carbons (Fsp3) is 0.500. The largest absolute Gasteiger partial charge is 0.382 e. The van der Waals surface area contributed by atoms with Crippen molar-refractivity contribution in [2.45, 2.75) is 31.9 Å². The first kappa shape index (κ1) is 13.5. The molecule has 0 heterocycles. The van der Waals surface area contributed by atoms with Crippen LogP contribution in [0.25, 0.3) is 0 Å². The number of ether oxygens (including phenoxy) is 1. The van der Waals surface area contributed by atoms with Crippen LogP contribution in [0, 0.1) is 0 Å². The molecule has 0 amide bonds. The molecule has 0 saturated carbocycles. The lowest BCUT2D eigenvalue weighted by Crippen LogP contribution is -2.39. The average Bonchev–Trinajstić information content (AvgIpc) is 2.28. The standard InChI is InChI=1S/C12H19ClN2O/c1-9(16-2)6-12(15-14)8-10-4-3-5-11(13)7-10/h3-5,7,9,12,15H,6,8,14H2,1-2H3. The van der Waals surface area contributed by atoms with Crippen LogP contribution in [0.1, 0.15) is 18.9 Å². The first-order valence-corrected chi connectivity index (χ1v) is 5.77. The van der Waals surface area contributed by atoms with Crippen molar-refractivity contribution in [2.75, 3.05) is 7.11 Å². The van der Waals surface area contributed by atoms with E-state index in [9.17, 15) is 0 Å². The van der Waals surface area contributed by atoms with Crippen LogP contribution in [0.4, 0.5) is 0 Å². The van der Waals surface area contributed by atoms with Crippen molar-refractivity contribution >= 4 is 11.6 Å². The quantitative estimate of drug-likeness (QED) is 0.594. The van der Waals surface area contributed by atoms with E-state index in [1.54, 1.807) is 7.11 Å². The van der Waals surface area contributed by atoms with Crippen LogP contribution in [0.2, 0.25) is 5.02 Å². The number of hydrazine groups is 1. The third-order valence-electron chi connectivity index (χ3n) is 2.63. The Morgan fingerprint density at radius 3 is 2.81 bits per heavy atom. The number of hydrogen-bond donors (Lipinski definition) is 2. The van der Waals surface area contributed by atoms with Crippen LogP contribution in [0.3, 0.4) is 0 Å². The van der Waals surface area contributed by atoms with Gasteiger partial charge in [0.1, 0.15) is 0 Å². The molecule has 0 aromatic heterocycles. The van der Waals surface area contributed by atoms with Crippen LogP contribution in [0.15, 0.2) is 24.3 Å². The molecule has 0 saturated heterocycles. The summed E-state index contributed by atoms with van der Waals surface area (Å²) in [5.74, 6) is 5.52. The van der Waals surface area contributed by atoms with Crippen molar-refractivity contribution in [3.8, 4) is 0 Å². The summed E-state index contributed by atoms with van der Waals surface area (Å²) in [6.07, 6.45) is 1.92. The van der Waals surface area contributed by atoms with Gasteiger partial charge in [0, 0.05) is 18.2 Å². The van der Waals surface area contributed by atoms with E-state index in [0.29, 0.717) is 0 Å². The van der Waals surface area contributed by atoms with Crippen molar-refractivity contribution in [3.05, 3.63) is 34.9 Å². The maximum Gasteiger partial charge on any atom is 0.0558 e. The number of nitrogens with one attached hydrogen (secondary N) is 1. The highest BCUT2D eigenvalue weighted by Crippen LogP contribution is 2.14. The number of nitrogens with two attached hydrogens (primary N) is 1. The molecular formula is C12H19ClN2O. The summed E-state index contributed by atoms with van der Waals surface area (Å²) in [6.45, 7) is 2.03. The summed E-state index contributed by atoms with van der Waals surface area (Å²) in [5.41, 5.74) is 3.99. The molecule has 1 aromatic carbocycles. The van der Waals surface area contributed by atoms with Gasteiger partial charge in [-0.05, 0) is 37.5 Å². The molecule has 2 atom stereocenters.